The first-order chi connectivity index (χ1) is 13.2. The van der Waals surface area contributed by atoms with Crippen LogP contribution >= 0.6 is 11.6 Å². The van der Waals surface area contributed by atoms with Crippen molar-refractivity contribution >= 4 is 29.1 Å². The lowest BCUT2D eigenvalue weighted by Gasteiger charge is -2.22. The van der Waals surface area contributed by atoms with Gasteiger partial charge in [0.1, 0.15) is 16.9 Å². The minimum absolute atomic E-state index is 0.0214. The maximum atomic E-state index is 12.9. The summed E-state index contributed by atoms with van der Waals surface area (Å²) >= 11 is 5.75. The minimum Gasteiger partial charge on any atom is -0.350 e. The van der Waals surface area contributed by atoms with E-state index in [2.05, 4.69) is 10.6 Å². The van der Waals surface area contributed by atoms with Crippen LogP contribution in [-0.4, -0.2) is 22.8 Å². The molecule has 0 saturated heterocycles. The molecule has 0 aliphatic rings. The molecule has 0 heterocycles. The number of halogens is 2. The lowest BCUT2D eigenvalue weighted by Crippen LogP contribution is -2.49. The average molecular weight is 408 g/mol. The van der Waals surface area contributed by atoms with Crippen LogP contribution in [0.2, 0.25) is 5.02 Å². The fourth-order valence-corrected chi connectivity index (χ4v) is 2.64. The van der Waals surface area contributed by atoms with E-state index in [9.17, 15) is 24.1 Å². The molecule has 2 aromatic carbocycles. The first-order valence-electron chi connectivity index (χ1n) is 8.46. The maximum Gasteiger partial charge on any atom is 0.288 e. The van der Waals surface area contributed by atoms with E-state index >= 15 is 0 Å². The number of nitro benzene ring substituents is 1. The molecule has 0 spiro atoms. The number of carbonyl (C=O) groups is 2. The lowest BCUT2D eigenvalue weighted by atomic mass is 10.0. The Morgan fingerprint density at radius 1 is 1.18 bits per heavy atom. The Kier molecular flexibility index (Phi) is 7.06. The molecule has 0 aliphatic carbocycles. The van der Waals surface area contributed by atoms with E-state index in [0.29, 0.717) is 5.56 Å². The van der Waals surface area contributed by atoms with E-state index in [4.69, 9.17) is 11.6 Å². The smallest absolute Gasteiger partial charge is 0.288 e. The van der Waals surface area contributed by atoms with Crippen LogP contribution in [0.3, 0.4) is 0 Å². The summed E-state index contributed by atoms with van der Waals surface area (Å²) in [6, 6.07) is 8.48. The Bertz CT molecular complexity index is 887. The summed E-state index contributed by atoms with van der Waals surface area (Å²) in [4.78, 5) is 35.2. The molecule has 148 valence electrons. The van der Waals surface area contributed by atoms with Crippen LogP contribution in [0.1, 0.15) is 29.8 Å². The molecule has 0 saturated carbocycles. The van der Waals surface area contributed by atoms with Crippen molar-refractivity contribution < 1.29 is 18.9 Å². The predicted octanol–water partition coefficient (Wildman–Crippen LogP) is 3.46. The van der Waals surface area contributed by atoms with Crippen molar-refractivity contribution in [2.24, 2.45) is 5.92 Å². The summed E-state index contributed by atoms with van der Waals surface area (Å²) in [5.41, 5.74) is 0.334. The number of rotatable bonds is 7. The van der Waals surface area contributed by atoms with Crippen molar-refractivity contribution in [1.82, 2.24) is 10.6 Å². The van der Waals surface area contributed by atoms with E-state index in [0.717, 1.165) is 6.07 Å². The van der Waals surface area contributed by atoms with E-state index in [1.54, 1.807) is 26.0 Å². The molecular weight excluding hydrogens is 389 g/mol. The highest BCUT2D eigenvalue weighted by molar-refractivity contribution is 6.32. The van der Waals surface area contributed by atoms with Crippen LogP contribution in [0.15, 0.2) is 42.5 Å². The molecule has 2 aromatic rings. The fourth-order valence-electron chi connectivity index (χ4n) is 2.45. The van der Waals surface area contributed by atoms with Gasteiger partial charge in [-0.25, -0.2) is 4.39 Å². The zero-order valence-electron chi connectivity index (χ0n) is 15.2. The van der Waals surface area contributed by atoms with E-state index in [-0.39, 0.29) is 28.9 Å². The third kappa shape index (κ3) is 5.50. The third-order valence-electron chi connectivity index (χ3n) is 4.02. The van der Waals surface area contributed by atoms with Gasteiger partial charge >= 0.3 is 0 Å². The average Bonchev–Trinajstić information content (AvgIpc) is 2.65. The van der Waals surface area contributed by atoms with Crippen LogP contribution in [0, 0.1) is 21.8 Å². The van der Waals surface area contributed by atoms with Crippen LogP contribution in [-0.2, 0) is 11.3 Å². The van der Waals surface area contributed by atoms with Crippen molar-refractivity contribution in [1.29, 1.82) is 0 Å². The largest absolute Gasteiger partial charge is 0.350 e. The highest BCUT2D eigenvalue weighted by Gasteiger charge is 2.25. The van der Waals surface area contributed by atoms with Crippen LogP contribution in [0.5, 0.6) is 0 Å². The van der Waals surface area contributed by atoms with Gasteiger partial charge in [-0.1, -0.05) is 37.6 Å². The Morgan fingerprint density at radius 3 is 2.39 bits per heavy atom. The molecule has 28 heavy (non-hydrogen) atoms. The molecule has 2 amide bonds. The maximum absolute atomic E-state index is 12.9. The molecule has 0 unspecified atom stereocenters. The van der Waals surface area contributed by atoms with Gasteiger partial charge in [0.2, 0.25) is 5.91 Å². The number of carbonyl (C=O) groups excluding carboxylic acids is 2. The molecular formula is C19H19ClFN3O4. The number of nitro groups is 1. The van der Waals surface area contributed by atoms with Gasteiger partial charge in [0.25, 0.3) is 11.6 Å². The molecule has 0 radical (unpaired) electrons. The second-order valence-electron chi connectivity index (χ2n) is 6.46. The first-order valence-corrected chi connectivity index (χ1v) is 8.83. The summed E-state index contributed by atoms with van der Waals surface area (Å²) in [6.45, 7) is 3.68. The monoisotopic (exact) mass is 407 g/mol. The van der Waals surface area contributed by atoms with Gasteiger partial charge in [-0.3, -0.25) is 19.7 Å². The number of amides is 2. The van der Waals surface area contributed by atoms with Crippen LogP contribution in [0.4, 0.5) is 10.1 Å². The highest BCUT2D eigenvalue weighted by Crippen LogP contribution is 2.25. The Morgan fingerprint density at radius 2 is 1.82 bits per heavy atom. The third-order valence-corrected chi connectivity index (χ3v) is 4.34. The van der Waals surface area contributed by atoms with Gasteiger partial charge in [-0.2, -0.15) is 0 Å². The van der Waals surface area contributed by atoms with E-state index in [1.165, 1.54) is 24.3 Å². The molecule has 7 nitrogen and oxygen atoms in total. The number of nitrogens with one attached hydrogen (secondary N) is 2. The fraction of sp³-hybridized carbons (Fsp3) is 0.263. The Labute approximate surface area is 166 Å². The molecule has 9 heteroatoms. The Balaban J connectivity index is 2.08. The molecule has 2 N–H and O–H groups in total. The molecule has 0 bridgehead atoms. The van der Waals surface area contributed by atoms with Crippen LogP contribution in [0.25, 0.3) is 0 Å². The molecule has 1 atom stereocenters. The SMILES string of the molecule is CC(C)[C@H](NC(=O)c1ccc(Cl)c([N+](=O)[O-])c1)C(=O)NCc1ccc(F)cc1. The van der Waals surface area contributed by atoms with Gasteiger partial charge in [0, 0.05) is 18.2 Å². The number of nitrogens with zero attached hydrogens (tertiary/aromatic N) is 1. The van der Waals surface area contributed by atoms with Crippen molar-refractivity contribution in [3.63, 3.8) is 0 Å². The lowest BCUT2D eigenvalue weighted by molar-refractivity contribution is -0.384. The van der Waals surface area contributed by atoms with E-state index in [1.807, 2.05) is 0 Å². The van der Waals surface area contributed by atoms with Crippen molar-refractivity contribution in [3.8, 4) is 0 Å². The van der Waals surface area contributed by atoms with Gasteiger partial charge in [-0.15, -0.1) is 0 Å². The minimum atomic E-state index is -0.859. The summed E-state index contributed by atoms with van der Waals surface area (Å²) in [5.74, 6) is -1.66. The first kappa shape index (κ1) is 21.3. The zero-order chi connectivity index (χ0) is 20.8. The van der Waals surface area contributed by atoms with Gasteiger partial charge in [0.05, 0.1) is 4.92 Å². The van der Waals surface area contributed by atoms with Crippen molar-refractivity contribution in [2.45, 2.75) is 26.4 Å². The quantitative estimate of drug-likeness (QED) is 0.542. The summed E-state index contributed by atoms with van der Waals surface area (Å²) < 4.78 is 12.9. The second-order valence-corrected chi connectivity index (χ2v) is 6.87. The second kappa shape index (κ2) is 9.27. The number of hydrogen-bond acceptors (Lipinski definition) is 4. The summed E-state index contributed by atoms with van der Waals surface area (Å²) in [5, 5.41) is 16.2. The normalized spacial score (nSPS) is 11.8. The molecule has 0 fully saturated rings. The standard InChI is InChI=1S/C19H19ClFN3O4/c1-11(2)17(19(26)22-10-12-3-6-14(21)7-4-12)23-18(25)13-5-8-15(20)16(9-13)24(27)28/h3-9,11,17H,10H2,1-2H3,(H,22,26)(H,23,25)/t17-/m0/s1. The van der Waals surface area contributed by atoms with Gasteiger partial charge in [-0.05, 0) is 35.7 Å². The van der Waals surface area contributed by atoms with Crippen molar-refractivity contribution in [3.05, 3.63) is 74.5 Å². The molecule has 0 aliphatic heterocycles. The molecule has 0 aromatic heterocycles. The topological polar surface area (TPSA) is 101 Å². The van der Waals surface area contributed by atoms with Crippen molar-refractivity contribution in [2.75, 3.05) is 0 Å². The highest BCUT2D eigenvalue weighted by atomic mass is 35.5. The summed E-state index contributed by atoms with van der Waals surface area (Å²) in [7, 11) is 0. The molecule has 2 rings (SSSR count). The predicted molar refractivity (Wildman–Crippen MR) is 102 cm³/mol. The Hall–Kier alpha value is -3.00. The number of benzene rings is 2. The zero-order valence-corrected chi connectivity index (χ0v) is 16.0. The van der Waals surface area contributed by atoms with Gasteiger partial charge < -0.3 is 10.6 Å². The number of hydrogen-bond donors (Lipinski definition) is 2. The van der Waals surface area contributed by atoms with Crippen LogP contribution < -0.4 is 10.6 Å². The van der Waals surface area contributed by atoms with E-state index < -0.39 is 28.5 Å². The van der Waals surface area contributed by atoms with Gasteiger partial charge in [0.15, 0.2) is 0 Å². The summed E-state index contributed by atoms with van der Waals surface area (Å²) in [6.07, 6.45) is 0.